The first-order valence-corrected chi connectivity index (χ1v) is 6.98. The van der Waals surface area contributed by atoms with Gasteiger partial charge in [-0.1, -0.05) is 6.07 Å². The van der Waals surface area contributed by atoms with E-state index in [-0.39, 0.29) is 5.91 Å². The van der Waals surface area contributed by atoms with Crippen LogP contribution >= 0.6 is 0 Å². The van der Waals surface area contributed by atoms with Gasteiger partial charge in [0.05, 0.1) is 30.3 Å². The van der Waals surface area contributed by atoms with E-state index in [1.807, 2.05) is 13.0 Å². The fourth-order valence-corrected chi connectivity index (χ4v) is 2.74. The number of aromatic nitrogens is 2. The number of ether oxygens (including phenoxy) is 1. The summed E-state index contributed by atoms with van der Waals surface area (Å²) in [6.45, 7) is 1.81. The van der Waals surface area contributed by atoms with E-state index >= 15 is 0 Å². The van der Waals surface area contributed by atoms with Gasteiger partial charge in [-0.3, -0.25) is 4.79 Å². The van der Waals surface area contributed by atoms with E-state index in [4.69, 9.17) is 4.74 Å². The molecule has 3 rings (SSSR count). The first kappa shape index (κ1) is 13.5. The van der Waals surface area contributed by atoms with Gasteiger partial charge in [-0.05, 0) is 49.4 Å². The largest absolute Gasteiger partial charge is 0.495 e. The van der Waals surface area contributed by atoms with Crippen LogP contribution in [-0.4, -0.2) is 23.2 Å². The summed E-state index contributed by atoms with van der Waals surface area (Å²) in [6, 6.07) is 5.71. The molecule has 5 nitrogen and oxygen atoms in total. The minimum absolute atomic E-state index is 0.188. The average molecular weight is 283 g/mol. The minimum Gasteiger partial charge on any atom is -0.495 e. The summed E-state index contributed by atoms with van der Waals surface area (Å²) in [6.07, 6.45) is 4.60. The Morgan fingerprint density at radius 2 is 2.19 bits per heavy atom. The Morgan fingerprint density at radius 1 is 1.33 bits per heavy atom. The zero-order valence-electron chi connectivity index (χ0n) is 12.1. The van der Waals surface area contributed by atoms with E-state index in [9.17, 15) is 4.79 Å². The molecule has 0 radical (unpaired) electrons. The van der Waals surface area contributed by atoms with Crippen LogP contribution in [0.15, 0.2) is 24.4 Å². The van der Waals surface area contributed by atoms with E-state index in [1.54, 1.807) is 13.2 Å². The van der Waals surface area contributed by atoms with E-state index < -0.39 is 0 Å². The van der Waals surface area contributed by atoms with Crippen molar-refractivity contribution in [3.05, 3.63) is 46.8 Å². The molecule has 0 aliphatic heterocycles. The van der Waals surface area contributed by atoms with Gasteiger partial charge in [-0.2, -0.15) is 10.2 Å². The van der Waals surface area contributed by atoms with Crippen LogP contribution in [0.4, 0.5) is 5.69 Å². The van der Waals surface area contributed by atoms with Gasteiger partial charge in [0.15, 0.2) is 0 Å². The van der Waals surface area contributed by atoms with Crippen molar-refractivity contribution in [2.24, 2.45) is 0 Å². The number of hydrogen-bond acceptors (Lipinski definition) is 4. The van der Waals surface area contributed by atoms with Gasteiger partial charge in [0.1, 0.15) is 5.75 Å². The summed E-state index contributed by atoms with van der Waals surface area (Å²) in [4.78, 5) is 12.4. The second-order valence-corrected chi connectivity index (χ2v) is 5.17. The number of methoxy groups -OCH3 is 1. The summed E-state index contributed by atoms with van der Waals surface area (Å²) >= 11 is 0. The lowest BCUT2D eigenvalue weighted by molar-refractivity contribution is 0.102. The topological polar surface area (TPSA) is 64.1 Å². The molecule has 108 valence electrons. The maximum Gasteiger partial charge on any atom is 0.257 e. The summed E-state index contributed by atoms with van der Waals surface area (Å²) in [7, 11) is 1.62. The smallest absolute Gasteiger partial charge is 0.257 e. The highest BCUT2D eigenvalue weighted by Gasteiger charge is 2.20. The molecule has 1 amide bonds. The molecule has 0 saturated heterocycles. The fourth-order valence-electron chi connectivity index (χ4n) is 2.74. The van der Waals surface area contributed by atoms with Gasteiger partial charge < -0.3 is 10.1 Å². The van der Waals surface area contributed by atoms with Crippen LogP contribution in [0.3, 0.4) is 0 Å². The summed E-state index contributed by atoms with van der Waals surface area (Å²) in [5.41, 5.74) is 4.47. The van der Waals surface area contributed by atoms with Crippen molar-refractivity contribution in [2.45, 2.75) is 26.2 Å². The predicted octanol–water partition coefficient (Wildman–Crippen LogP) is 2.53. The third-order valence-corrected chi connectivity index (χ3v) is 3.74. The third-order valence-electron chi connectivity index (χ3n) is 3.74. The molecule has 2 aromatic rings. The van der Waals surface area contributed by atoms with Gasteiger partial charge in [0, 0.05) is 0 Å². The van der Waals surface area contributed by atoms with E-state index in [2.05, 4.69) is 21.6 Å². The molecule has 1 aromatic carbocycles. The van der Waals surface area contributed by atoms with Crippen molar-refractivity contribution >= 4 is 11.6 Å². The predicted molar refractivity (Wildman–Crippen MR) is 79.7 cm³/mol. The van der Waals surface area contributed by atoms with Crippen molar-refractivity contribution < 1.29 is 9.53 Å². The molecule has 0 atom stereocenters. The normalized spacial score (nSPS) is 12.9. The lowest BCUT2D eigenvalue weighted by atomic mass is 10.1. The van der Waals surface area contributed by atoms with Gasteiger partial charge in [-0.15, -0.1) is 0 Å². The molecule has 1 heterocycles. The standard InChI is InChI=1S/C16H17N3O2/c1-10-8-12(9-17-19-10)16(20)18-15-13-5-3-4-11(13)6-7-14(15)21-2/h6-9H,3-5H2,1-2H3,(H,18,20). The molecule has 5 heteroatoms. The lowest BCUT2D eigenvalue weighted by Crippen LogP contribution is -2.15. The molecule has 1 aromatic heterocycles. The van der Waals surface area contributed by atoms with Crippen molar-refractivity contribution in [3.63, 3.8) is 0 Å². The second kappa shape index (κ2) is 5.52. The van der Waals surface area contributed by atoms with Crippen molar-refractivity contribution in [3.8, 4) is 5.75 Å². The fraction of sp³-hybridized carbons (Fsp3) is 0.312. The molecule has 1 N–H and O–H groups in total. The number of carbonyl (C=O) groups is 1. The van der Waals surface area contributed by atoms with E-state index in [0.29, 0.717) is 17.0 Å². The van der Waals surface area contributed by atoms with Crippen LogP contribution in [0, 0.1) is 6.92 Å². The highest BCUT2D eigenvalue weighted by Crippen LogP contribution is 2.36. The number of benzene rings is 1. The van der Waals surface area contributed by atoms with Crippen molar-refractivity contribution in [2.75, 3.05) is 12.4 Å². The molecular weight excluding hydrogens is 266 g/mol. The number of fused-ring (bicyclic) bond motifs is 1. The molecule has 0 bridgehead atoms. The SMILES string of the molecule is COc1ccc2c(c1NC(=O)c1cnnc(C)c1)CCC2. The van der Waals surface area contributed by atoms with Gasteiger partial charge in [0.25, 0.3) is 5.91 Å². The van der Waals surface area contributed by atoms with Gasteiger partial charge in [-0.25, -0.2) is 0 Å². The van der Waals surface area contributed by atoms with Gasteiger partial charge >= 0.3 is 0 Å². The first-order valence-electron chi connectivity index (χ1n) is 6.98. The second-order valence-electron chi connectivity index (χ2n) is 5.17. The van der Waals surface area contributed by atoms with Crippen LogP contribution in [0.5, 0.6) is 5.75 Å². The molecular formula is C16H17N3O2. The number of hydrogen-bond donors (Lipinski definition) is 1. The Balaban J connectivity index is 1.94. The van der Waals surface area contributed by atoms with Crippen molar-refractivity contribution in [1.29, 1.82) is 0 Å². The number of amides is 1. The lowest BCUT2D eigenvalue weighted by Gasteiger charge is -2.14. The molecule has 1 aliphatic carbocycles. The van der Waals surface area contributed by atoms with Crippen LogP contribution in [-0.2, 0) is 12.8 Å². The highest BCUT2D eigenvalue weighted by atomic mass is 16.5. The van der Waals surface area contributed by atoms with Crippen LogP contribution < -0.4 is 10.1 Å². The van der Waals surface area contributed by atoms with Crippen LogP contribution in [0.1, 0.15) is 33.6 Å². The summed E-state index contributed by atoms with van der Waals surface area (Å²) in [5, 5.41) is 10.7. The Labute approximate surface area is 123 Å². The van der Waals surface area contributed by atoms with Crippen LogP contribution in [0.25, 0.3) is 0 Å². The zero-order valence-corrected chi connectivity index (χ0v) is 12.1. The maximum atomic E-state index is 12.4. The highest BCUT2D eigenvalue weighted by molar-refractivity contribution is 6.05. The molecule has 21 heavy (non-hydrogen) atoms. The van der Waals surface area contributed by atoms with Crippen molar-refractivity contribution in [1.82, 2.24) is 10.2 Å². The first-order chi connectivity index (χ1) is 10.2. The molecule has 0 unspecified atom stereocenters. The monoisotopic (exact) mass is 283 g/mol. The number of aryl methyl sites for hydroxylation is 2. The Hall–Kier alpha value is -2.43. The molecule has 0 fully saturated rings. The molecule has 1 aliphatic rings. The Kier molecular flexibility index (Phi) is 3.56. The Bertz CT molecular complexity index is 698. The number of nitrogens with one attached hydrogen (secondary N) is 1. The summed E-state index contributed by atoms with van der Waals surface area (Å²) < 4.78 is 5.39. The maximum absolute atomic E-state index is 12.4. The zero-order chi connectivity index (χ0) is 14.8. The van der Waals surface area contributed by atoms with Gasteiger partial charge in [0.2, 0.25) is 0 Å². The number of carbonyl (C=O) groups excluding carboxylic acids is 1. The minimum atomic E-state index is -0.188. The molecule has 0 saturated carbocycles. The summed E-state index contributed by atoms with van der Waals surface area (Å²) in [5.74, 6) is 0.509. The third kappa shape index (κ3) is 2.59. The molecule has 0 spiro atoms. The van der Waals surface area contributed by atoms with E-state index in [1.165, 1.54) is 17.3 Å². The number of nitrogens with zero attached hydrogens (tertiary/aromatic N) is 2. The van der Waals surface area contributed by atoms with Crippen LogP contribution in [0.2, 0.25) is 0 Å². The quantitative estimate of drug-likeness (QED) is 0.940. The Morgan fingerprint density at radius 3 is 2.95 bits per heavy atom. The number of rotatable bonds is 3. The number of anilines is 1. The van der Waals surface area contributed by atoms with E-state index in [0.717, 1.165) is 24.9 Å². The average Bonchev–Trinajstić information content (AvgIpc) is 2.96.